The molecule has 0 bridgehead atoms. The normalized spacial score (nSPS) is 11.4. The van der Waals surface area contributed by atoms with Crippen molar-refractivity contribution in [1.82, 2.24) is 0 Å². The van der Waals surface area contributed by atoms with Gasteiger partial charge in [-0.15, -0.1) is 0 Å². The van der Waals surface area contributed by atoms with E-state index in [0.717, 1.165) is 0 Å². The molecule has 0 fully saturated rings. The molecule has 7 heavy (non-hydrogen) atoms. The maximum Gasteiger partial charge on any atom is 0.449 e. The summed E-state index contributed by atoms with van der Waals surface area (Å²) < 4.78 is 32.5. The van der Waals surface area contributed by atoms with Gasteiger partial charge in [0.2, 0.25) is 5.78 Å². The lowest BCUT2D eigenvalue weighted by atomic mass is 10.5. The molecule has 0 aromatic rings. The number of ketones is 1. The second kappa shape index (κ2) is 1.52. The Labute approximate surface area is 39.6 Å². The maximum atomic E-state index is 10.8. The monoisotopic (exact) mass is 113 g/mol. The van der Waals surface area contributed by atoms with Crippen LogP contribution in [0.15, 0.2) is 0 Å². The molecular weight excluding hydrogens is 109 g/mol. The lowest BCUT2D eigenvalue weighted by Crippen LogP contribution is -2.18. The van der Waals surface area contributed by atoms with Crippen molar-refractivity contribution in [2.45, 2.75) is 13.1 Å². The zero-order chi connectivity index (χ0) is 6.08. The number of hydrogen-bond donors (Lipinski definition) is 0. The molecule has 0 aliphatic heterocycles. The van der Waals surface area contributed by atoms with E-state index in [-0.39, 0.29) is 1.43 Å². The minimum Gasteiger partial charge on any atom is -1.00 e. The van der Waals surface area contributed by atoms with Gasteiger partial charge in [0.25, 0.3) is 0 Å². The number of carbonyl (C=O) groups excluding carboxylic acids is 1. The number of rotatable bonds is 0. The fourth-order valence-electron chi connectivity index (χ4n) is 0. The van der Waals surface area contributed by atoms with Crippen molar-refractivity contribution in [3.63, 3.8) is 0 Å². The van der Waals surface area contributed by atoms with Gasteiger partial charge in [-0.05, 0) is 0 Å². The van der Waals surface area contributed by atoms with Crippen molar-refractivity contribution in [3.05, 3.63) is 0 Å². The minimum atomic E-state index is -4.64. The topological polar surface area (TPSA) is 17.1 Å². The molecule has 0 radical (unpaired) electrons. The summed E-state index contributed by atoms with van der Waals surface area (Å²) in [5.74, 6) is -1.76. The molecule has 1 nitrogen and oxygen atoms in total. The standard InChI is InChI=1S/C3H3F3O.H/c1-2(7)3(4,5)6;/h1H3;/q;-1. The molecule has 0 aliphatic carbocycles. The highest BCUT2D eigenvalue weighted by Gasteiger charge is 2.33. The first-order valence-corrected chi connectivity index (χ1v) is 1.52. The molecule has 0 aromatic heterocycles. The zero-order valence-corrected chi connectivity index (χ0v) is 3.54. The van der Waals surface area contributed by atoms with Crippen LogP contribution in [0.3, 0.4) is 0 Å². The van der Waals surface area contributed by atoms with Crippen LogP contribution >= 0.6 is 0 Å². The van der Waals surface area contributed by atoms with Gasteiger partial charge in [0.15, 0.2) is 0 Å². The van der Waals surface area contributed by atoms with Gasteiger partial charge in [0.05, 0.1) is 0 Å². The third-order valence-electron chi connectivity index (χ3n) is 0.399. The molecule has 0 amide bonds. The van der Waals surface area contributed by atoms with Crippen LogP contribution in [0.25, 0.3) is 0 Å². The van der Waals surface area contributed by atoms with Crippen molar-refractivity contribution >= 4 is 5.78 Å². The Morgan fingerprint density at radius 1 is 1.57 bits per heavy atom. The van der Waals surface area contributed by atoms with Gasteiger partial charge in [-0.25, -0.2) is 0 Å². The van der Waals surface area contributed by atoms with Crippen LogP contribution in [0, 0.1) is 0 Å². The van der Waals surface area contributed by atoms with Crippen LogP contribution in [-0.4, -0.2) is 12.0 Å². The third-order valence-corrected chi connectivity index (χ3v) is 0.399. The van der Waals surface area contributed by atoms with Crippen molar-refractivity contribution < 1.29 is 19.4 Å². The van der Waals surface area contributed by atoms with E-state index in [1.165, 1.54) is 0 Å². The highest BCUT2D eigenvalue weighted by molar-refractivity contribution is 5.81. The molecule has 0 aliphatic rings. The Morgan fingerprint density at radius 3 is 1.71 bits per heavy atom. The number of carbonyl (C=O) groups is 1. The molecule has 44 valence electrons. The first kappa shape index (κ1) is 6.46. The number of halogens is 3. The van der Waals surface area contributed by atoms with E-state index in [1.807, 2.05) is 0 Å². The predicted octanol–water partition coefficient (Wildman–Crippen LogP) is 1.25. The molecule has 0 saturated carbocycles. The molecule has 0 atom stereocenters. The minimum absolute atomic E-state index is 0. The largest absolute Gasteiger partial charge is 1.00 e. The van der Waals surface area contributed by atoms with Gasteiger partial charge < -0.3 is 1.43 Å². The Hall–Kier alpha value is -0.540. The molecular formula is C3H4F3O-. The highest BCUT2D eigenvalue weighted by atomic mass is 19.4. The summed E-state index contributed by atoms with van der Waals surface area (Å²) in [6.45, 7) is 0.486. The number of alkyl halides is 3. The predicted molar refractivity (Wildman–Crippen MR) is 17.8 cm³/mol. The Kier molecular flexibility index (Phi) is 1.40. The van der Waals surface area contributed by atoms with Crippen LogP contribution in [0.2, 0.25) is 0 Å². The summed E-state index contributed by atoms with van der Waals surface area (Å²) in [7, 11) is 0. The summed E-state index contributed by atoms with van der Waals surface area (Å²) in [4.78, 5) is 9.34. The van der Waals surface area contributed by atoms with Gasteiger partial charge >= 0.3 is 6.18 Å². The quantitative estimate of drug-likeness (QED) is 0.462. The SMILES string of the molecule is CC(=O)C(F)(F)F.[H-]. The van der Waals surface area contributed by atoms with E-state index < -0.39 is 12.0 Å². The zero-order valence-electron chi connectivity index (χ0n) is 4.54. The van der Waals surface area contributed by atoms with E-state index in [2.05, 4.69) is 0 Å². The molecule has 4 heteroatoms. The number of Topliss-reactive ketones (excluding diaryl/α,β-unsaturated/α-hetero) is 1. The molecule has 0 N–H and O–H groups in total. The smallest absolute Gasteiger partial charge is 0.449 e. The van der Waals surface area contributed by atoms with Crippen LogP contribution < -0.4 is 0 Å². The third kappa shape index (κ3) is 2.19. The first-order valence-electron chi connectivity index (χ1n) is 1.52. The van der Waals surface area contributed by atoms with Gasteiger partial charge in [0.1, 0.15) is 0 Å². The summed E-state index contributed by atoms with van der Waals surface area (Å²) in [5.41, 5.74) is 0. The highest BCUT2D eigenvalue weighted by Crippen LogP contribution is 2.14. The van der Waals surface area contributed by atoms with E-state index in [4.69, 9.17) is 0 Å². The summed E-state index contributed by atoms with van der Waals surface area (Å²) >= 11 is 0. The van der Waals surface area contributed by atoms with Crippen molar-refractivity contribution in [1.29, 1.82) is 0 Å². The van der Waals surface area contributed by atoms with Crippen LogP contribution in [-0.2, 0) is 4.79 Å². The van der Waals surface area contributed by atoms with E-state index >= 15 is 0 Å². The van der Waals surface area contributed by atoms with Crippen LogP contribution in [0.4, 0.5) is 13.2 Å². The summed E-state index contributed by atoms with van der Waals surface area (Å²) in [6, 6.07) is 0. The first-order chi connectivity index (χ1) is 2.94. The maximum absolute atomic E-state index is 10.8. The number of hydrogen-bond acceptors (Lipinski definition) is 1. The van der Waals surface area contributed by atoms with Crippen molar-refractivity contribution in [2.24, 2.45) is 0 Å². The molecule has 0 aromatic carbocycles. The van der Waals surface area contributed by atoms with Gasteiger partial charge in [-0.1, -0.05) is 0 Å². The molecule has 0 spiro atoms. The lowest BCUT2D eigenvalue weighted by molar-refractivity contribution is -0.168. The Bertz CT molecular complexity index is 87.0. The fourth-order valence-corrected chi connectivity index (χ4v) is 0. The summed E-state index contributed by atoms with van der Waals surface area (Å²) in [5, 5.41) is 0. The van der Waals surface area contributed by atoms with E-state index in [9.17, 15) is 18.0 Å². The molecule has 0 heterocycles. The fraction of sp³-hybridized carbons (Fsp3) is 0.667. The van der Waals surface area contributed by atoms with Crippen LogP contribution in [0.1, 0.15) is 8.35 Å². The van der Waals surface area contributed by atoms with Gasteiger partial charge in [-0.2, -0.15) is 13.2 Å². The van der Waals surface area contributed by atoms with Gasteiger partial charge in [-0.3, -0.25) is 4.79 Å². The average molecular weight is 113 g/mol. The second-order valence-electron chi connectivity index (χ2n) is 1.05. The molecule has 0 unspecified atom stereocenters. The van der Waals surface area contributed by atoms with Crippen molar-refractivity contribution in [2.75, 3.05) is 0 Å². The Morgan fingerprint density at radius 2 is 1.71 bits per heavy atom. The van der Waals surface area contributed by atoms with E-state index in [1.54, 1.807) is 0 Å². The summed E-state index contributed by atoms with van der Waals surface area (Å²) in [6.07, 6.45) is -4.64. The van der Waals surface area contributed by atoms with E-state index in [0.29, 0.717) is 6.92 Å². The second-order valence-corrected chi connectivity index (χ2v) is 1.05. The molecule has 0 saturated heterocycles. The Balaban J connectivity index is 0. The van der Waals surface area contributed by atoms with Gasteiger partial charge in [0, 0.05) is 6.92 Å². The molecule has 0 rings (SSSR count). The lowest BCUT2D eigenvalue weighted by Gasteiger charge is -1.95. The van der Waals surface area contributed by atoms with Crippen LogP contribution in [0.5, 0.6) is 0 Å². The van der Waals surface area contributed by atoms with Crippen molar-refractivity contribution in [3.8, 4) is 0 Å². The average Bonchev–Trinajstić information content (AvgIpc) is 1.31.